The van der Waals surface area contributed by atoms with Crippen LogP contribution in [0.25, 0.3) is 0 Å². The third-order valence-corrected chi connectivity index (χ3v) is 5.01. The number of rotatable bonds is 6. The highest BCUT2D eigenvalue weighted by Crippen LogP contribution is 2.49. The normalized spacial score (nSPS) is 20.8. The maximum atomic E-state index is 13.5. The van der Waals surface area contributed by atoms with Gasteiger partial charge in [0, 0.05) is 5.69 Å². The number of ether oxygens (including phenoxy) is 1. The largest absolute Gasteiger partial charge is 0.464 e. The number of azo groups is 1. The van der Waals surface area contributed by atoms with Crippen LogP contribution in [-0.2, 0) is 14.3 Å². The molecule has 1 aliphatic heterocycles. The number of nitrogens with zero attached hydrogens (tertiary/aromatic N) is 3. The number of esters is 1. The second-order valence-corrected chi connectivity index (χ2v) is 6.85. The van der Waals surface area contributed by atoms with Gasteiger partial charge < -0.3 is 4.74 Å². The van der Waals surface area contributed by atoms with Gasteiger partial charge in [0.2, 0.25) is 0 Å². The average Bonchev–Trinajstić information content (AvgIpc) is 2.79. The fourth-order valence-electron chi connectivity index (χ4n) is 3.63. The van der Waals surface area contributed by atoms with E-state index in [2.05, 4.69) is 10.2 Å². The summed E-state index contributed by atoms with van der Waals surface area (Å²) >= 11 is 0. The summed E-state index contributed by atoms with van der Waals surface area (Å²) in [7, 11) is 0. The Kier molecular flexibility index (Phi) is 5.39. The van der Waals surface area contributed by atoms with Crippen molar-refractivity contribution in [3.63, 3.8) is 0 Å². The highest BCUT2D eigenvalue weighted by Gasteiger charge is 2.69. The molecule has 0 aromatic heterocycles. The Morgan fingerprint density at radius 2 is 1.50 bits per heavy atom. The zero-order chi connectivity index (χ0) is 21.0. The third-order valence-electron chi connectivity index (χ3n) is 5.01. The summed E-state index contributed by atoms with van der Waals surface area (Å²) in [4.78, 5) is 28.2. The van der Waals surface area contributed by atoms with Crippen molar-refractivity contribution >= 4 is 23.3 Å². The molecule has 0 bridgehead atoms. The highest BCUT2D eigenvalue weighted by molar-refractivity contribution is 6.22. The molecule has 3 aromatic rings. The Morgan fingerprint density at radius 3 is 2.10 bits per heavy atom. The van der Waals surface area contributed by atoms with Gasteiger partial charge >= 0.3 is 5.97 Å². The molecule has 150 valence electrons. The Bertz CT molecular complexity index is 1050. The fraction of sp³-hybridized carbons (Fsp3) is 0.167. The molecule has 0 N–H and O–H groups in total. The van der Waals surface area contributed by atoms with E-state index in [1.807, 2.05) is 78.9 Å². The first-order chi connectivity index (χ1) is 14.7. The number of amides is 1. The zero-order valence-electron chi connectivity index (χ0n) is 16.5. The molecule has 1 aliphatic rings. The van der Waals surface area contributed by atoms with Gasteiger partial charge in [-0.2, -0.15) is 10.2 Å². The SMILES string of the molecule is CCOC(=O)C1(N=Nc2ccccc2)C(=O)N(c2ccccc2)C1c1ccccc1. The van der Waals surface area contributed by atoms with E-state index in [9.17, 15) is 9.59 Å². The lowest BCUT2D eigenvalue weighted by atomic mass is 9.75. The molecule has 4 rings (SSSR count). The number of benzene rings is 3. The van der Waals surface area contributed by atoms with E-state index >= 15 is 0 Å². The van der Waals surface area contributed by atoms with Crippen LogP contribution in [0.15, 0.2) is 101 Å². The Labute approximate surface area is 174 Å². The van der Waals surface area contributed by atoms with Gasteiger partial charge in [0.15, 0.2) is 0 Å². The molecule has 2 unspecified atom stereocenters. The van der Waals surface area contributed by atoms with Gasteiger partial charge in [0.25, 0.3) is 11.4 Å². The van der Waals surface area contributed by atoms with Gasteiger partial charge in [-0.1, -0.05) is 66.7 Å². The number of carbonyl (C=O) groups is 2. The number of carbonyl (C=O) groups excluding carboxylic acids is 2. The molecular formula is C24H21N3O3. The van der Waals surface area contributed by atoms with Crippen molar-refractivity contribution in [3.05, 3.63) is 96.6 Å². The molecule has 0 radical (unpaired) electrons. The standard InChI is InChI=1S/C24H21N3O3/c1-2-30-23(29)24(26-25-19-14-8-4-9-15-19)21(18-12-6-3-7-13-18)27(22(24)28)20-16-10-5-11-17-20/h3-17,21H,2H2,1H3. The molecular weight excluding hydrogens is 378 g/mol. The number of para-hydroxylation sites is 1. The van der Waals surface area contributed by atoms with Crippen molar-refractivity contribution in [3.8, 4) is 0 Å². The van der Waals surface area contributed by atoms with E-state index in [0.717, 1.165) is 5.56 Å². The molecule has 2 atom stereocenters. The number of anilines is 1. The van der Waals surface area contributed by atoms with E-state index in [1.54, 1.807) is 24.0 Å². The molecule has 0 saturated carbocycles. The first kappa shape index (κ1) is 19.5. The van der Waals surface area contributed by atoms with Crippen LogP contribution in [0.5, 0.6) is 0 Å². The summed E-state index contributed by atoms with van der Waals surface area (Å²) in [6.45, 7) is 1.84. The first-order valence-electron chi connectivity index (χ1n) is 9.77. The van der Waals surface area contributed by atoms with Crippen LogP contribution in [0.3, 0.4) is 0 Å². The maximum Gasteiger partial charge on any atom is 0.348 e. The molecule has 1 saturated heterocycles. The molecule has 1 fully saturated rings. The summed E-state index contributed by atoms with van der Waals surface area (Å²) in [5.74, 6) is -1.16. The van der Waals surface area contributed by atoms with Crippen LogP contribution >= 0.6 is 0 Å². The van der Waals surface area contributed by atoms with Crippen LogP contribution in [0.2, 0.25) is 0 Å². The van der Waals surface area contributed by atoms with E-state index in [0.29, 0.717) is 11.4 Å². The van der Waals surface area contributed by atoms with E-state index in [4.69, 9.17) is 4.74 Å². The number of hydrogen-bond acceptors (Lipinski definition) is 5. The van der Waals surface area contributed by atoms with Gasteiger partial charge in [-0.15, -0.1) is 0 Å². The minimum atomic E-state index is -1.77. The minimum Gasteiger partial charge on any atom is -0.464 e. The lowest BCUT2D eigenvalue weighted by molar-refractivity contribution is -0.160. The Hall–Kier alpha value is -3.80. The van der Waals surface area contributed by atoms with Gasteiger partial charge in [0.1, 0.15) is 6.04 Å². The molecule has 0 aliphatic carbocycles. The average molecular weight is 399 g/mol. The maximum absolute atomic E-state index is 13.5. The van der Waals surface area contributed by atoms with Crippen molar-refractivity contribution in [1.29, 1.82) is 0 Å². The molecule has 30 heavy (non-hydrogen) atoms. The van der Waals surface area contributed by atoms with Gasteiger partial charge in [-0.3, -0.25) is 9.69 Å². The van der Waals surface area contributed by atoms with Crippen LogP contribution in [0, 0.1) is 0 Å². The highest BCUT2D eigenvalue weighted by atomic mass is 16.5. The first-order valence-corrected chi connectivity index (χ1v) is 9.77. The van der Waals surface area contributed by atoms with Crippen molar-refractivity contribution in [1.82, 2.24) is 0 Å². The fourth-order valence-corrected chi connectivity index (χ4v) is 3.63. The molecule has 0 spiro atoms. The number of hydrogen-bond donors (Lipinski definition) is 0. The van der Waals surface area contributed by atoms with Crippen molar-refractivity contribution < 1.29 is 14.3 Å². The monoisotopic (exact) mass is 399 g/mol. The zero-order valence-corrected chi connectivity index (χ0v) is 16.5. The Morgan fingerprint density at radius 1 is 0.933 bits per heavy atom. The molecule has 1 amide bonds. The third kappa shape index (κ3) is 3.26. The molecule has 6 nitrogen and oxygen atoms in total. The van der Waals surface area contributed by atoms with Crippen LogP contribution in [0.1, 0.15) is 18.5 Å². The lowest BCUT2D eigenvalue weighted by Crippen LogP contribution is -2.71. The topological polar surface area (TPSA) is 71.3 Å². The van der Waals surface area contributed by atoms with Crippen molar-refractivity contribution in [2.24, 2.45) is 10.2 Å². The summed E-state index contributed by atoms with van der Waals surface area (Å²) in [6, 6.07) is 26.9. The summed E-state index contributed by atoms with van der Waals surface area (Å²) in [5, 5.41) is 8.56. The van der Waals surface area contributed by atoms with E-state index in [-0.39, 0.29) is 6.61 Å². The summed E-state index contributed by atoms with van der Waals surface area (Å²) in [5.41, 5.74) is 0.245. The smallest absolute Gasteiger partial charge is 0.348 e. The molecule has 3 aromatic carbocycles. The second kappa shape index (κ2) is 8.29. The van der Waals surface area contributed by atoms with Crippen LogP contribution in [0.4, 0.5) is 11.4 Å². The quantitative estimate of drug-likeness (QED) is 0.257. The summed E-state index contributed by atoms with van der Waals surface area (Å²) < 4.78 is 5.30. The Balaban J connectivity index is 1.85. The van der Waals surface area contributed by atoms with Crippen LogP contribution in [-0.4, -0.2) is 24.0 Å². The van der Waals surface area contributed by atoms with E-state index in [1.165, 1.54) is 0 Å². The van der Waals surface area contributed by atoms with Crippen molar-refractivity contribution in [2.45, 2.75) is 18.5 Å². The second-order valence-electron chi connectivity index (χ2n) is 6.85. The summed E-state index contributed by atoms with van der Waals surface area (Å²) in [6.07, 6.45) is 0. The van der Waals surface area contributed by atoms with E-state index < -0.39 is 23.5 Å². The van der Waals surface area contributed by atoms with Crippen LogP contribution < -0.4 is 4.90 Å². The number of β-lactam (4-membered cyclic amide) rings is 1. The predicted molar refractivity (Wildman–Crippen MR) is 113 cm³/mol. The van der Waals surface area contributed by atoms with Gasteiger partial charge in [-0.05, 0) is 36.8 Å². The molecule has 6 heteroatoms. The van der Waals surface area contributed by atoms with Gasteiger partial charge in [0.05, 0.1) is 12.3 Å². The lowest BCUT2D eigenvalue weighted by Gasteiger charge is -2.51. The minimum absolute atomic E-state index is 0.140. The molecule has 1 heterocycles. The van der Waals surface area contributed by atoms with Crippen molar-refractivity contribution in [2.75, 3.05) is 11.5 Å². The van der Waals surface area contributed by atoms with Gasteiger partial charge in [-0.25, -0.2) is 4.79 Å². The predicted octanol–water partition coefficient (Wildman–Crippen LogP) is 4.86.